The van der Waals surface area contributed by atoms with E-state index >= 15 is 0 Å². The lowest BCUT2D eigenvalue weighted by molar-refractivity contribution is -0.186. The quantitative estimate of drug-likeness (QED) is 0.590. The Balaban J connectivity index is 1.78. The highest BCUT2D eigenvalue weighted by Crippen LogP contribution is 2.37. The number of hydrogen-bond acceptors (Lipinski definition) is 3. The first kappa shape index (κ1) is 13.6. The summed E-state index contributed by atoms with van der Waals surface area (Å²) in [6, 6.07) is 0.305. The van der Waals surface area contributed by atoms with Crippen LogP contribution in [0.2, 0.25) is 0 Å². The predicted molar refractivity (Wildman–Crippen MR) is 71.4 cm³/mol. The topological polar surface area (TPSA) is 68.9 Å². The van der Waals surface area contributed by atoms with Gasteiger partial charge < -0.3 is 20.5 Å². The Kier molecular flexibility index (Phi) is 4.45. The van der Waals surface area contributed by atoms with Crippen molar-refractivity contribution < 1.29 is 9.47 Å². The van der Waals surface area contributed by atoms with Crippen LogP contribution in [0.3, 0.4) is 0 Å². The average Bonchev–Trinajstić information content (AvgIpc) is 2.70. The maximum absolute atomic E-state index is 6.03. The summed E-state index contributed by atoms with van der Waals surface area (Å²) >= 11 is 0. The van der Waals surface area contributed by atoms with Crippen molar-refractivity contribution in [1.82, 2.24) is 5.32 Å². The van der Waals surface area contributed by atoms with Crippen LogP contribution >= 0.6 is 0 Å². The molecule has 5 heteroatoms. The number of nitrogens with one attached hydrogen (secondary N) is 1. The molecule has 104 valence electrons. The molecule has 3 N–H and O–H groups in total. The lowest BCUT2D eigenvalue weighted by Gasteiger charge is -2.31. The maximum Gasteiger partial charge on any atom is 0.188 e. The zero-order chi connectivity index (χ0) is 13.0. The second-order valence-electron chi connectivity index (χ2n) is 5.55. The van der Waals surface area contributed by atoms with Crippen LogP contribution in [0.25, 0.3) is 0 Å². The molecular formula is C13H25N3O2. The molecule has 0 aromatic rings. The van der Waals surface area contributed by atoms with Crippen molar-refractivity contribution in [2.75, 3.05) is 13.2 Å². The Morgan fingerprint density at radius 2 is 2.11 bits per heavy atom. The maximum atomic E-state index is 6.03. The second-order valence-corrected chi connectivity index (χ2v) is 5.55. The molecule has 1 heterocycles. The minimum atomic E-state index is -0.307. The number of hydrogen-bond donors (Lipinski definition) is 2. The van der Waals surface area contributed by atoms with Gasteiger partial charge in [0.15, 0.2) is 11.7 Å². The molecule has 2 fully saturated rings. The first-order chi connectivity index (χ1) is 8.60. The highest BCUT2D eigenvalue weighted by Gasteiger charge is 2.41. The van der Waals surface area contributed by atoms with Crippen LogP contribution < -0.4 is 11.1 Å². The molecule has 1 aliphatic heterocycles. The van der Waals surface area contributed by atoms with Gasteiger partial charge in [-0.2, -0.15) is 0 Å². The van der Waals surface area contributed by atoms with Gasteiger partial charge in [-0.3, -0.25) is 4.99 Å². The molecule has 5 nitrogen and oxygen atoms in total. The molecule has 18 heavy (non-hydrogen) atoms. The number of aliphatic imine (C=N–C) groups is 1. The first-order valence-electron chi connectivity index (χ1n) is 6.98. The Bertz CT molecular complexity index is 299. The third-order valence-corrected chi connectivity index (χ3v) is 3.43. The largest absolute Gasteiger partial charge is 0.370 e. The van der Waals surface area contributed by atoms with Gasteiger partial charge in [-0.15, -0.1) is 0 Å². The van der Waals surface area contributed by atoms with Crippen LogP contribution in [0.1, 0.15) is 46.0 Å². The lowest BCUT2D eigenvalue weighted by Crippen LogP contribution is -2.38. The summed E-state index contributed by atoms with van der Waals surface area (Å²) in [5.74, 6) is 0.178. The third-order valence-electron chi connectivity index (χ3n) is 3.43. The van der Waals surface area contributed by atoms with Crippen molar-refractivity contribution in [3.05, 3.63) is 0 Å². The summed E-state index contributed by atoms with van der Waals surface area (Å²) in [7, 11) is 0. The van der Waals surface area contributed by atoms with Crippen molar-refractivity contribution >= 4 is 5.96 Å². The van der Waals surface area contributed by atoms with Gasteiger partial charge in [-0.25, -0.2) is 0 Å². The van der Waals surface area contributed by atoms with Gasteiger partial charge in [0.05, 0.1) is 13.2 Å². The van der Waals surface area contributed by atoms with E-state index in [1.165, 1.54) is 19.3 Å². The van der Waals surface area contributed by atoms with Crippen molar-refractivity contribution in [3.63, 3.8) is 0 Å². The number of nitrogens with two attached hydrogens (primary N) is 1. The fourth-order valence-electron chi connectivity index (χ4n) is 2.60. The zero-order valence-corrected chi connectivity index (χ0v) is 11.4. The van der Waals surface area contributed by atoms with E-state index in [0.29, 0.717) is 25.2 Å². The van der Waals surface area contributed by atoms with Crippen LogP contribution in [0, 0.1) is 0 Å². The molecule has 1 saturated heterocycles. The van der Waals surface area contributed by atoms with Crippen molar-refractivity contribution in [1.29, 1.82) is 0 Å². The molecule has 2 aliphatic rings. The van der Waals surface area contributed by atoms with E-state index < -0.39 is 0 Å². The molecule has 1 spiro atoms. The highest BCUT2D eigenvalue weighted by molar-refractivity contribution is 5.78. The molecule has 1 unspecified atom stereocenters. The summed E-state index contributed by atoms with van der Waals surface area (Å²) in [5, 5.41) is 3.07. The number of rotatable bonds is 3. The molecule has 0 aromatic carbocycles. The molecule has 1 atom stereocenters. The van der Waals surface area contributed by atoms with Gasteiger partial charge in [0, 0.05) is 18.9 Å². The minimum Gasteiger partial charge on any atom is -0.370 e. The summed E-state index contributed by atoms with van der Waals surface area (Å²) in [5.41, 5.74) is 5.77. The van der Waals surface area contributed by atoms with Crippen molar-refractivity contribution in [2.24, 2.45) is 10.7 Å². The minimum absolute atomic E-state index is 0.0515. The van der Waals surface area contributed by atoms with E-state index in [1.54, 1.807) is 0 Å². The zero-order valence-electron chi connectivity index (χ0n) is 11.4. The van der Waals surface area contributed by atoms with E-state index in [-0.39, 0.29) is 11.9 Å². The third kappa shape index (κ3) is 3.59. The molecule has 2 rings (SSSR count). The van der Waals surface area contributed by atoms with E-state index in [9.17, 15) is 0 Å². The summed E-state index contributed by atoms with van der Waals surface area (Å²) in [6.45, 7) is 5.29. The second kappa shape index (κ2) is 5.89. The SMILES string of the molecule is CC(C)NC(N)=NCC1COC2(CCCCC2)O1. The fraction of sp³-hybridized carbons (Fsp3) is 0.923. The van der Waals surface area contributed by atoms with E-state index in [2.05, 4.69) is 10.3 Å². The van der Waals surface area contributed by atoms with Crippen molar-refractivity contribution in [3.8, 4) is 0 Å². The Morgan fingerprint density at radius 3 is 2.78 bits per heavy atom. The molecule has 0 radical (unpaired) electrons. The van der Waals surface area contributed by atoms with Crippen LogP contribution in [0.5, 0.6) is 0 Å². The van der Waals surface area contributed by atoms with Gasteiger partial charge in [0.1, 0.15) is 6.10 Å². The lowest BCUT2D eigenvalue weighted by atomic mass is 9.94. The van der Waals surface area contributed by atoms with E-state index in [4.69, 9.17) is 15.2 Å². The van der Waals surface area contributed by atoms with E-state index in [0.717, 1.165) is 12.8 Å². The normalized spacial score (nSPS) is 27.9. The molecular weight excluding hydrogens is 230 g/mol. The standard InChI is InChI=1S/C13H25N3O2/c1-10(2)16-12(14)15-8-11-9-17-13(18-11)6-4-3-5-7-13/h10-11H,3-9H2,1-2H3,(H3,14,15,16). The van der Waals surface area contributed by atoms with Gasteiger partial charge >= 0.3 is 0 Å². The van der Waals surface area contributed by atoms with Gasteiger partial charge in [0.2, 0.25) is 0 Å². The number of guanidine groups is 1. The Labute approximate surface area is 109 Å². The molecule has 0 amide bonds. The van der Waals surface area contributed by atoms with Crippen LogP contribution in [-0.2, 0) is 9.47 Å². The number of ether oxygens (including phenoxy) is 2. The van der Waals surface area contributed by atoms with Gasteiger partial charge in [-0.1, -0.05) is 6.42 Å². The highest BCUT2D eigenvalue weighted by atomic mass is 16.7. The number of nitrogens with zero attached hydrogens (tertiary/aromatic N) is 1. The van der Waals surface area contributed by atoms with Crippen LogP contribution in [0.15, 0.2) is 4.99 Å². The van der Waals surface area contributed by atoms with Crippen LogP contribution in [-0.4, -0.2) is 37.0 Å². The molecule has 0 bridgehead atoms. The van der Waals surface area contributed by atoms with Crippen molar-refractivity contribution in [2.45, 2.75) is 63.9 Å². The predicted octanol–water partition coefficient (Wildman–Crippen LogP) is 1.37. The average molecular weight is 255 g/mol. The summed E-state index contributed by atoms with van der Waals surface area (Å²) in [4.78, 5) is 4.30. The summed E-state index contributed by atoms with van der Waals surface area (Å²) < 4.78 is 11.9. The molecule has 1 saturated carbocycles. The molecule has 1 aliphatic carbocycles. The fourth-order valence-corrected chi connectivity index (χ4v) is 2.60. The smallest absolute Gasteiger partial charge is 0.188 e. The monoisotopic (exact) mass is 255 g/mol. The molecule has 0 aromatic heterocycles. The Morgan fingerprint density at radius 1 is 1.39 bits per heavy atom. The first-order valence-corrected chi connectivity index (χ1v) is 6.98. The van der Waals surface area contributed by atoms with Crippen LogP contribution in [0.4, 0.5) is 0 Å². The summed E-state index contributed by atoms with van der Waals surface area (Å²) in [6.07, 6.45) is 5.79. The Hall–Kier alpha value is -0.810. The van der Waals surface area contributed by atoms with Gasteiger partial charge in [0.25, 0.3) is 0 Å². The van der Waals surface area contributed by atoms with Gasteiger partial charge in [-0.05, 0) is 26.7 Å². The van der Waals surface area contributed by atoms with E-state index in [1.807, 2.05) is 13.8 Å².